The van der Waals surface area contributed by atoms with E-state index in [2.05, 4.69) is 143 Å². The minimum absolute atomic E-state index is 0. The van der Waals surface area contributed by atoms with Crippen LogP contribution in [-0.2, 0) is 50.0 Å². The van der Waals surface area contributed by atoms with Gasteiger partial charge in [-0.2, -0.15) is 8.42 Å². The Balaban J connectivity index is -0.000000418. The molecule has 0 amide bonds. The first-order valence-electron chi connectivity index (χ1n) is 46.0. The second-order valence-electron chi connectivity index (χ2n) is 38.8. The van der Waals surface area contributed by atoms with E-state index in [4.69, 9.17) is 9.29 Å². The molecule has 0 aliphatic carbocycles. The molecule has 0 heterocycles. The number of Topliss-reactive ketones (excluding diaryl/α,β-unsaturated/α-hetero) is 5. The van der Waals surface area contributed by atoms with Gasteiger partial charge >= 0.3 is 5.97 Å². The number of unbranched alkanes of at least 4 members (excludes halogenated alkanes) is 36. The molecule has 0 radical (unpaired) electrons. The van der Waals surface area contributed by atoms with Gasteiger partial charge in [0, 0.05) is 105 Å². The van der Waals surface area contributed by atoms with E-state index in [0.29, 0.717) is 49.6 Å². The Hall–Kier alpha value is -1.97. The standard InChI is InChI=1S/C22H38OSi.C19H38O3Si.C18H38OSi.C17H36O4SSi.C17H36OSi.CH4/c1-20-14-16-21(17-15-20)19-22(23)13-11-9-7-5-6-8-10-12-18-24(2,3)4;1-5-22-19(21)16-15-18(20)14-12-10-8-6-7-9-11-13-17-23(2,3)4;1-5-6-15-18(19)16-13-11-9-7-8-10-12-14-17-20(2,3)4;1-23(2,3)16-11-9-7-5-4-6-8-10-13-17(18)14-12-15-22(19,20)21;1-5-14-17(18)15-12-10-8-6-7-9-11-13-16-19(2,3)4;/h14-17H,5-13,18-19H2,1-4H3;5-17H2,1-4H3;5-17H2,1-4H3;4-16H2,1-3H3,(H,19,20,21);5-16H2,1-4H3;1H4. The van der Waals surface area contributed by atoms with E-state index < -0.39 is 50.5 Å². The molecule has 0 fully saturated rings. The Labute approximate surface area is 691 Å². The molecule has 0 spiro atoms. The fourth-order valence-corrected chi connectivity index (χ4v) is 20.4. The van der Waals surface area contributed by atoms with Crippen LogP contribution in [-0.4, -0.2) is 101 Å². The van der Waals surface area contributed by atoms with Crippen LogP contribution in [0.15, 0.2) is 24.3 Å². The van der Waals surface area contributed by atoms with Gasteiger partial charge in [0.15, 0.2) is 0 Å². The Kier molecular flexibility index (Phi) is 81.6. The second kappa shape index (κ2) is 77.0. The first-order valence-corrected chi connectivity index (χ1v) is 66.1. The van der Waals surface area contributed by atoms with Crippen molar-refractivity contribution in [3.63, 3.8) is 0 Å². The number of benzene rings is 1. The fourth-order valence-electron chi connectivity index (χ4n) is 13.3. The van der Waals surface area contributed by atoms with E-state index in [1.807, 2.05) is 0 Å². The van der Waals surface area contributed by atoms with E-state index in [0.717, 1.165) is 102 Å². The monoisotopic (exact) mass is 1650 g/mol. The molecule has 0 saturated heterocycles. The van der Waals surface area contributed by atoms with Gasteiger partial charge in [0.05, 0.1) is 18.8 Å². The summed E-state index contributed by atoms with van der Waals surface area (Å²) in [6.07, 6.45) is 62.1. The molecule has 0 bridgehead atoms. The molecule has 0 aliphatic heterocycles. The molecule has 1 aromatic rings. The summed E-state index contributed by atoms with van der Waals surface area (Å²) in [4.78, 5) is 69.1. The Morgan fingerprint density at radius 1 is 0.291 bits per heavy atom. The van der Waals surface area contributed by atoms with Gasteiger partial charge in [-0.15, -0.1) is 0 Å². The lowest BCUT2D eigenvalue weighted by Gasteiger charge is -2.14. The fraction of sp³-hybridized carbons (Fsp3) is 0.872. The molecule has 110 heavy (non-hydrogen) atoms. The zero-order valence-corrected chi connectivity index (χ0v) is 82.0. The number of carbonyl (C=O) groups is 6. The van der Waals surface area contributed by atoms with Crippen molar-refractivity contribution < 1.29 is 46.5 Å². The number of carbonyl (C=O) groups excluding carboxylic acids is 6. The Morgan fingerprint density at radius 3 is 0.764 bits per heavy atom. The van der Waals surface area contributed by atoms with Crippen molar-refractivity contribution in [1.82, 2.24) is 0 Å². The zero-order valence-electron chi connectivity index (χ0n) is 76.2. The number of hydrogen-bond acceptors (Lipinski definition) is 9. The van der Waals surface area contributed by atoms with E-state index in [1.54, 1.807) is 6.92 Å². The van der Waals surface area contributed by atoms with Crippen molar-refractivity contribution in [2.75, 3.05) is 12.4 Å². The van der Waals surface area contributed by atoms with E-state index in [9.17, 15) is 37.2 Å². The molecule has 0 saturated carbocycles. The van der Waals surface area contributed by atoms with Crippen molar-refractivity contribution in [3.8, 4) is 0 Å². The summed E-state index contributed by atoms with van der Waals surface area (Å²) in [5.41, 5.74) is 2.41. The van der Waals surface area contributed by atoms with Gasteiger partial charge < -0.3 is 4.74 Å². The third-order valence-corrected chi connectivity index (χ3v) is 30.4. The largest absolute Gasteiger partial charge is 0.466 e. The van der Waals surface area contributed by atoms with Crippen LogP contribution in [0.1, 0.15) is 386 Å². The quantitative estimate of drug-likeness (QED) is 0.0287. The molecule has 0 atom stereocenters. The van der Waals surface area contributed by atoms with Gasteiger partial charge in [0.1, 0.15) is 28.9 Å². The van der Waals surface area contributed by atoms with Gasteiger partial charge in [0.25, 0.3) is 10.1 Å². The number of rotatable bonds is 70. The minimum atomic E-state index is -3.92. The lowest BCUT2D eigenvalue weighted by atomic mass is 10.0. The lowest BCUT2D eigenvalue weighted by Crippen LogP contribution is -2.18. The lowest BCUT2D eigenvalue weighted by molar-refractivity contribution is -0.144. The maximum atomic E-state index is 12.0. The topological polar surface area (TPSA) is 166 Å². The molecule has 0 aliphatic rings. The number of ketones is 5. The number of hydrogen-bond donors (Lipinski definition) is 1. The molecular weight excluding hydrogens is 1460 g/mol. The van der Waals surface area contributed by atoms with E-state index in [1.165, 1.54) is 248 Å². The van der Waals surface area contributed by atoms with Gasteiger partial charge in [-0.3, -0.25) is 33.3 Å². The number of ether oxygens (including phenoxy) is 1. The average molecular weight is 1650 g/mol. The predicted octanol–water partition coefficient (Wildman–Crippen LogP) is 31.2. The molecule has 16 heteroatoms. The van der Waals surface area contributed by atoms with Crippen LogP contribution in [0.3, 0.4) is 0 Å². The highest BCUT2D eigenvalue weighted by atomic mass is 32.2. The van der Waals surface area contributed by atoms with Crippen LogP contribution in [0.4, 0.5) is 0 Å². The summed E-state index contributed by atoms with van der Waals surface area (Å²) in [6.45, 7) is 45.3. The van der Waals surface area contributed by atoms with Gasteiger partial charge in [-0.05, 0) is 70.8 Å². The molecule has 0 aromatic heterocycles. The molecule has 10 nitrogen and oxygen atoms in total. The molecule has 652 valence electrons. The highest BCUT2D eigenvalue weighted by Crippen LogP contribution is 2.23. The molecule has 0 unspecified atom stereocenters. The van der Waals surface area contributed by atoms with Gasteiger partial charge in [0.2, 0.25) is 0 Å². The van der Waals surface area contributed by atoms with Crippen LogP contribution in [0.2, 0.25) is 128 Å². The van der Waals surface area contributed by atoms with E-state index >= 15 is 0 Å². The van der Waals surface area contributed by atoms with Crippen molar-refractivity contribution >= 4 is 85.4 Å². The number of esters is 1. The zero-order chi connectivity index (χ0) is 83.0. The normalized spacial score (nSPS) is 11.7. The maximum absolute atomic E-state index is 12.0. The highest BCUT2D eigenvalue weighted by molar-refractivity contribution is 7.85. The maximum Gasteiger partial charge on any atom is 0.306 e. The summed E-state index contributed by atoms with van der Waals surface area (Å²) in [6, 6.07) is 15.7. The minimum Gasteiger partial charge on any atom is -0.466 e. The van der Waals surface area contributed by atoms with Gasteiger partial charge in [-0.25, -0.2) is 0 Å². The van der Waals surface area contributed by atoms with Crippen molar-refractivity contribution in [1.29, 1.82) is 0 Å². The van der Waals surface area contributed by atoms with Crippen LogP contribution in [0.25, 0.3) is 0 Å². The highest BCUT2D eigenvalue weighted by Gasteiger charge is 2.17. The SMILES string of the molecule is C.CCCC(=O)CCCCCCCCCC[Si](C)(C)C.CCCCC(=O)CCCCCCCCCC[Si](C)(C)C.CCOC(=O)CCC(=O)CCCCCCCCCC[Si](C)(C)C.C[Si](C)(C)CCCCCCCCCCC(=O)CCCS(=O)(=O)O.Cc1ccc(CC(=O)CCCCCCCCCC[Si](C)(C)C)cc1. The van der Waals surface area contributed by atoms with Crippen LogP contribution in [0, 0.1) is 6.92 Å². The summed E-state index contributed by atoms with van der Waals surface area (Å²) >= 11 is 0. The van der Waals surface area contributed by atoms with Crippen LogP contribution < -0.4 is 0 Å². The summed E-state index contributed by atoms with van der Waals surface area (Å²) < 4.78 is 34.5. The predicted molar refractivity (Wildman–Crippen MR) is 501 cm³/mol. The second-order valence-corrected chi connectivity index (χ2v) is 68.5. The van der Waals surface area contributed by atoms with Gasteiger partial charge in [-0.1, -0.05) is 411 Å². The van der Waals surface area contributed by atoms with Crippen molar-refractivity contribution in [3.05, 3.63) is 35.4 Å². The van der Waals surface area contributed by atoms with Crippen LogP contribution in [0.5, 0.6) is 0 Å². The molecule has 1 N–H and O–H groups in total. The summed E-state index contributed by atoms with van der Waals surface area (Å²) in [5, 5.41) is 0. The number of aryl methyl sites for hydroxylation is 1. The Morgan fingerprint density at radius 2 is 0.518 bits per heavy atom. The van der Waals surface area contributed by atoms with Crippen molar-refractivity contribution in [2.24, 2.45) is 0 Å². The first kappa shape index (κ1) is 117. The third-order valence-electron chi connectivity index (χ3n) is 20.3. The first-order chi connectivity index (χ1) is 51.2. The summed E-state index contributed by atoms with van der Waals surface area (Å²) in [5.74, 6) is 1.09. The third kappa shape index (κ3) is 108. The van der Waals surface area contributed by atoms with E-state index in [-0.39, 0.29) is 50.0 Å². The Bertz CT molecular complexity index is 2400. The smallest absolute Gasteiger partial charge is 0.306 e. The van der Waals surface area contributed by atoms with Crippen molar-refractivity contribution in [2.45, 2.75) is 517 Å². The molecule has 1 rings (SSSR count). The molecular formula is C94H190O10SSi5. The molecule has 1 aromatic carbocycles. The average Bonchev–Trinajstić information content (AvgIpc) is 0.917. The summed E-state index contributed by atoms with van der Waals surface area (Å²) in [7, 11) is -8.01. The van der Waals surface area contributed by atoms with Crippen LogP contribution >= 0.6 is 0 Å².